The van der Waals surface area contributed by atoms with Gasteiger partial charge in [0, 0.05) is 19.1 Å². The van der Waals surface area contributed by atoms with Crippen molar-refractivity contribution in [2.24, 2.45) is 0 Å². The number of methoxy groups -OCH3 is 1. The van der Waals surface area contributed by atoms with Crippen molar-refractivity contribution in [3.05, 3.63) is 29.8 Å². The van der Waals surface area contributed by atoms with Crippen LogP contribution in [0.3, 0.4) is 0 Å². The molecule has 22 heavy (non-hydrogen) atoms. The smallest absolute Gasteiger partial charge is 0.236 e. The zero-order chi connectivity index (χ0) is 16.1. The lowest BCUT2D eigenvalue weighted by molar-refractivity contribution is -0.134. The van der Waals surface area contributed by atoms with Crippen molar-refractivity contribution in [3.8, 4) is 5.75 Å². The Hall–Kier alpha value is -1.59. The van der Waals surface area contributed by atoms with Crippen LogP contribution in [0.1, 0.15) is 31.4 Å². The molecular formula is C17H26N2O3. The highest BCUT2D eigenvalue weighted by Gasteiger charge is 2.23. The molecule has 0 saturated carbocycles. The van der Waals surface area contributed by atoms with E-state index < -0.39 is 0 Å². The predicted molar refractivity (Wildman–Crippen MR) is 85.9 cm³/mol. The van der Waals surface area contributed by atoms with Gasteiger partial charge in [-0.3, -0.25) is 9.69 Å². The van der Waals surface area contributed by atoms with Crippen LogP contribution in [0.25, 0.3) is 0 Å². The summed E-state index contributed by atoms with van der Waals surface area (Å²) in [6.45, 7) is 3.78. The molecule has 1 saturated heterocycles. The number of aliphatic hydroxyl groups excluding tert-OH is 1. The first-order chi connectivity index (χ1) is 10.5. The number of nitrogens with zero attached hydrogens (tertiary/aromatic N) is 2. The van der Waals surface area contributed by atoms with E-state index in [1.807, 2.05) is 41.1 Å². The van der Waals surface area contributed by atoms with E-state index in [2.05, 4.69) is 6.92 Å². The number of hydrogen-bond acceptors (Lipinski definition) is 4. The Morgan fingerprint density at radius 1 is 1.45 bits per heavy atom. The van der Waals surface area contributed by atoms with Crippen molar-refractivity contribution in [2.45, 2.75) is 31.9 Å². The van der Waals surface area contributed by atoms with E-state index in [0.29, 0.717) is 32.5 Å². The van der Waals surface area contributed by atoms with Crippen LogP contribution in [0, 0.1) is 0 Å². The Labute approximate surface area is 132 Å². The predicted octanol–water partition coefficient (Wildman–Crippen LogP) is 1.67. The maximum Gasteiger partial charge on any atom is 0.236 e. The van der Waals surface area contributed by atoms with Gasteiger partial charge in [0.05, 0.1) is 19.8 Å². The molecule has 0 spiro atoms. The lowest BCUT2D eigenvalue weighted by Gasteiger charge is -2.32. The third-order valence-corrected chi connectivity index (χ3v) is 4.44. The fraction of sp³-hybridized carbons (Fsp3) is 0.588. The molecule has 1 aromatic rings. The number of aliphatic hydroxyl groups is 1. The van der Waals surface area contributed by atoms with Gasteiger partial charge < -0.3 is 14.7 Å². The summed E-state index contributed by atoms with van der Waals surface area (Å²) < 4.78 is 5.25. The summed E-state index contributed by atoms with van der Waals surface area (Å²) in [6.07, 6.45) is 1.11. The Kier molecular flexibility index (Phi) is 5.80. The summed E-state index contributed by atoms with van der Waals surface area (Å²) in [5.74, 6) is 0.957. The largest absolute Gasteiger partial charge is 0.497 e. The maximum atomic E-state index is 12.4. The SMILES string of the molecule is COc1cccc(C(C)N(C)CC(=O)N2CCC(O)CC2)c1. The molecule has 1 unspecified atom stereocenters. The number of hydrogen-bond donors (Lipinski definition) is 1. The number of piperidine rings is 1. The van der Waals surface area contributed by atoms with Crippen LogP contribution in [0.15, 0.2) is 24.3 Å². The van der Waals surface area contributed by atoms with Gasteiger partial charge in [-0.15, -0.1) is 0 Å². The summed E-state index contributed by atoms with van der Waals surface area (Å²) in [7, 11) is 3.61. The van der Waals surface area contributed by atoms with Crippen LogP contribution in [0.5, 0.6) is 5.75 Å². The minimum atomic E-state index is -0.252. The lowest BCUT2D eigenvalue weighted by atomic mass is 10.1. The Morgan fingerprint density at radius 3 is 2.77 bits per heavy atom. The first-order valence-electron chi connectivity index (χ1n) is 7.81. The van der Waals surface area contributed by atoms with Crippen LogP contribution >= 0.6 is 0 Å². The summed E-state index contributed by atoms with van der Waals surface area (Å²) in [6, 6.07) is 8.07. The van der Waals surface area contributed by atoms with Gasteiger partial charge in [-0.25, -0.2) is 0 Å². The third-order valence-electron chi connectivity index (χ3n) is 4.44. The first kappa shape index (κ1) is 16.8. The average molecular weight is 306 g/mol. The van der Waals surface area contributed by atoms with E-state index in [1.165, 1.54) is 0 Å². The molecule has 5 nitrogen and oxygen atoms in total. The molecule has 122 valence electrons. The van der Waals surface area contributed by atoms with Gasteiger partial charge in [0.1, 0.15) is 5.75 Å². The normalized spacial score (nSPS) is 17.6. The molecule has 1 aliphatic rings. The number of carbonyl (C=O) groups is 1. The zero-order valence-corrected chi connectivity index (χ0v) is 13.7. The summed E-state index contributed by atoms with van der Waals surface area (Å²) in [5.41, 5.74) is 1.13. The van der Waals surface area contributed by atoms with Gasteiger partial charge in [-0.1, -0.05) is 12.1 Å². The molecule has 1 aliphatic heterocycles. The summed E-state index contributed by atoms with van der Waals surface area (Å²) in [5, 5.41) is 9.52. The third kappa shape index (κ3) is 4.21. The Bertz CT molecular complexity index is 498. The lowest BCUT2D eigenvalue weighted by Crippen LogP contribution is -2.44. The topological polar surface area (TPSA) is 53.0 Å². The first-order valence-corrected chi connectivity index (χ1v) is 7.81. The molecule has 0 bridgehead atoms. The highest BCUT2D eigenvalue weighted by atomic mass is 16.5. The highest BCUT2D eigenvalue weighted by molar-refractivity contribution is 5.78. The number of carbonyl (C=O) groups excluding carboxylic acids is 1. The molecule has 0 aliphatic carbocycles. The molecule has 0 aromatic heterocycles. The second-order valence-corrected chi connectivity index (χ2v) is 5.98. The number of likely N-dealkylation sites (tertiary alicyclic amines) is 1. The van der Waals surface area contributed by atoms with Gasteiger partial charge >= 0.3 is 0 Å². The number of likely N-dealkylation sites (N-methyl/N-ethyl adjacent to an activating group) is 1. The number of rotatable bonds is 5. The second-order valence-electron chi connectivity index (χ2n) is 5.98. The van der Waals surface area contributed by atoms with E-state index in [1.54, 1.807) is 7.11 Å². The quantitative estimate of drug-likeness (QED) is 0.899. The van der Waals surface area contributed by atoms with Crippen molar-refractivity contribution in [2.75, 3.05) is 33.8 Å². The Balaban J connectivity index is 1.92. The Morgan fingerprint density at radius 2 is 2.14 bits per heavy atom. The van der Waals surface area contributed by atoms with Crippen molar-refractivity contribution in [1.29, 1.82) is 0 Å². The molecule has 1 N–H and O–H groups in total. The van der Waals surface area contributed by atoms with Gasteiger partial charge in [-0.05, 0) is 44.5 Å². The summed E-state index contributed by atoms with van der Waals surface area (Å²) >= 11 is 0. The van der Waals surface area contributed by atoms with Gasteiger partial charge in [0.15, 0.2) is 0 Å². The number of benzene rings is 1. The molecule has 1 heterocycles. The molecule has 1 atom stereocenters. The maximum absolute atomic E-state index is 12.4. The van der Waals surface area contributed by atoms with Gasteiger partial charge in [0.25, 0.3) is 0 Å². The van der Waals surface area contributed by atoms with E-state index in [9.17, 15) is 9.90 Å². The van der Waals surface area contributed by atoms with Gasteiger partial charge in [0.2, 0.25) is 5.91 Å². The molecule has 1 amide bonds. The van der Waals surface area contributed by atoms with E-state index in [-0.39, 0.29) is 18.1 Å². The molecule has 5 heteroatoms. The van der Waals surface area contributed by atoms with Crippen molar-refractivity contribution in [3.63, 3.8) is 0 Å². The monoisotopic (exact) mass is 306 g/mol. The molecule has 2 rings (SSSR count). The van der Waals surface area contributed by atoms with E-state index in [0.717, 1.165) is 11.3 Å². The summed E-state index contributed by atoms with van der Waals surface area (Å²) in [4.78, 5) is 16.2. The van der Waals surface area contributed by atoms with Crippen LogP contribution < -0.4 is 4.74 Å². The molecule has 1 aromatic carbocycles. The highest BCUT2D eigenvalue weighted by Crippen LogP contribution is 2.23. The van der Waals surface area contributed by atoms with Crippen LogP contribution in [-0.2, 0) is 4.79 Å². The van der Waals surface area contributed by atoms with Crippen molar-refractivity contribution < 1.29 is 14.6 Å². The van der Waals surface area contributed by atoms with Crippen molar-refractivity contribution in [1.82, 2.24) is 9.80 Å². The minimum absolute atomic E-state index is 0.129. The fourth-order valence-electron chi connectivity index (χ4n) is 2.72. The number of amides is 1. The van der Waals surface area contributed by atoms with Crippen LogP contribution in [0.2, 0.25) is 0 Å². The molecule has 1 fully saturated rings. The molecular weight excluding hydrogens is 280 g/mol. The van der Waals surface area contributed by atoms with E-state index in [4.69, 9.17) is 4.74 Å². The minimum Gasteiger partial charge on any atom is -0.497 e. The number of ether oxygens (including phenoxy) is 1. The average Bonchev–Trinajstić information content (AvgIpc) is 2.54. The standard InChI is InChI=1S/C17H26N2O3/c1-13(14-5-4-6-16(11-14)22-3)18(2)12-17(21)19-9-7-15(20)8-10-19/h4-6,11,13,15,20H,7-10,12H2,1-3H3. The fourth-order valence-corrected chi connectivity index (χ4v) is 2.72. The molecule has 0 radical (unpaired) electrons. The van der Waals surface area contributed by atoms with E-state index >= 15 is 0 Å². The van der Waals surface area contributed by atoms with Crippen molar-refractivity contribution >= 4 is 5.91 Å². The van der Waals surface area contributed by atoms with Crippen LogP contribution in [0.4, 0.5) is 0 Å². The van der Waals surface area contributed by atoms with Gasteiger partial charge in [-0.2, -0.15) is 0 Å². The second kappa shape index (κ2) is 7.61. The zero-order valence-electron chi connectivity index (χ0n) is 13.7. The van der Waals surface area contributed by atoms with Crippen LogP contribution in [-0.4, -0.2) is 60.7 Å².